The molecule has 0 aromatic heterocycles. The molecule has 0 amide bonds. The first-order chi connectivity index (χ1) is 10.3. The van der Waals surface area contributed by atoms with Gasteiger partial charge in [0.1, 0.15) is 0 Å². The van der Waals surface area contributed by atoms with Gasteiger partial charge < -0.3 is 15.0 Å². The smallest absolute Gasteiger partial charge is 0.194 e. The lowest BCUT2D eigenvalue weighted by Crippen LogP contribution is -2.39. The standard InChI is InChI=1S/C17H27N3O/c1-3-18-17(20-11-7-8-12-20)19-13-15-9-5-6-10-16(15)14-21-4-2/h5-6,9-10H,3-4,7-8,11-14H2,1-2H3,(H,18,19). The van der Waals surface area contributed by atoms with Crippen LogP contribution in [0.15, 0.2) is 29.3 Å². The Kier molecular flexibility index (Phi) is 6.54. The number of hydrogen-bond donors (Lipinski definition) is 1. The van der Waals surface area contributed by atoms with E-state index in [4.69, 9.17) is 9.73 Å². The van der Waals surface area contributed by atoms with Crippen LogP contribution >= 0.6 is 0 Å². The van der Waals surface area contributed by atoms with Crippen molar-refractivity contribution in [2.45, 2.75) is 39.8 Å². The van der Waals surface area contributed by atoms with E-state index in [0.29, 0.717) is 13.2 Å². The molecule has 1 saturated heterocycles. The van der Waals surface area contributed by atoms with Gasteiger partial charge in [0.05, 0.1) is 13.2 Å². The zero-order valence-electron chi connectivity index (χ0n) is 13.3. The number of rotatable bonds is 6. The molecule has 4 heteroatoms. The van der Waals surface area contributed by atoms with Gasteiger partial charge in [-0.25, -0.2) is 4.99 Å². The van der Waals surface area contributed by atoms with Gasteiger partial charge in [0.25, 0.3) is 0 Å². The number of guanidine groups is 1. The lowest BCUT2D eigenvalue weighted by Gasteiger charge is -2.21. The van der Waals surface area contributed by atoms with E-state index in [9.17, 15) is 0 Å². The molecular weight excluding hydrogens is 262 g/mol. The maximum atomic E-state index is 5.54. The molecule has 0 unspecified atom stereocenters. The predicted molar refractivity (Wildman–Crippen MR) is 87.4 cm³/mol. The summed E-state index contributed by atoms with van der Waals surface area (Å²) in [5.74, 6) is 1.04. The molecule has 0 aliphatic carbocycles. The Hall–Kier alpha value is -1.55. The second-order valence-corrected chi connectivity index (χ2v) is 5.27. The summed E-state index contributed by atoms with van der Waals surface area (Å²) in [6.45, 7) is 9.42. The van der Waals surface area contributed by atoms with E-state index in [0.717, 1.165) is 32.2 Å². The molecule has 1 aliphatic heterocycles. The van der Waals surface area contributed by atoms with Crippen LogP contribution in [-0.2, 0) is 17.9 Å². The molecule has 21 heavy (non-hydrogen) atoms. The fourth-order valence-corrected chi connectivity index (χ4v) is 2.58. The van der Waals surface area contributed by atoms with Crippen LogP contribution < -0.4 is 5.32 Å². The van der Waals surface area contributed by atoms with Crippen LogP contribution in [0.5, 0.6) is 0 Å². The summed E-state index contributed by atoms with van der Waals surface area (Å²) in [5.41, 5.74) is 2.49. The molecule has 0 spiro atoms. The van der Waals surface area contributed by atoms with Gasteiger partial charge in [-0.05, 0) is 37.8 Å². The summed E-state index contributed by atoms with van der Waals surface area (Å²) >= 11 is 0. The van der Waals surface area contributed by atoms with E-state index in [1.807, 2.05) is 6.92 Å². The molecular formula is C17H27N3O. The van der Waals surface area contributed by atoms with Crippen molar-refractivity contribution in [2.24, 2.45) is 4.99 Å². The molecule has 0 radical (unpaired) electrons. The zero-order chi connectivity index (χ0) is 14.9. The highest BCUT2D eigenvalue weighted by Crippen LogP contribution is 2.13. The summed E-state index contributed by atoms with van der Waals surface area (Å²) in [6.07, 6.45) is 2.54. The van der Waals surface area contributed by atoms with Gasteiger partial charge in [0.2, 0.25) is 0 Å². The normalized spacial score (nSPS) is 15.5. The second kappa shape index (κ2) is 8.67. The summed E-state index contributed by atoms with van der Waals surface area (Å²) in [6, 6.07) is 8.41. The minimum Gasteiger partial charge on any atom is -0.377 e. The van der Waals surface area contributed by atoms with Crippen molar-refractivity contribution in [1.29, 1.82) is 0 Å². The number of nitrogens with one attached hydrogen (secondary N) is 1. The van der Waals surface area contributed by atoms with Gasteiger partial charge in [0, 0.05) is 26.2 Å². The minimum atomic E-state index is 0.669. The highest BCUT2D eigenvalue weighted by Gasteiger charge is 2.15. The van der Waals surface area contributed by atoms with E-state index in [1.54, 1.807) is 0 Å². The molecule has 1 heterocycles. The quantitative estimate of drug-likeness (QED) is 0.646. The number of likely N-dealkylation sites (tertiary alicyclic amines) is 1. The molecule has 1 aliphatic rings. The second-order valence-electron chi connectivity index (χ2n) is 5.27. The van der Waals surface area contributed by atoms with E-state index < -0.39 is 0 Å². The fraction of sp³-hybridized carbons (Fsp3) is 0.588. The largest absolute Gasteiger partial charge is 0.377 e. The molecule has 116 valence electrons. The molecule has 0 saturated carbocycles. The lowest BCUT2D eigenvalue weighted by molar-refractivity contribution is 0.133. The van der Waals surface area contributed by atoms with Crippen LogP contribution in [0.25, 0.3) is 0 Å². The van der Waals surface area contributed by atoms with Crippen LogP contribution in [0.2, 0.25) is 0 Å². The van der Waals surface area contributed by atoms with Crippen molar-refractivity contribution in [2.75, 3.05) is 26.2 Å². The number of nitrogens with zero attached hydrogens (tertiary/aromatic N) is 2. The Labute approximate surface area is 128 Å². The topological polar surface area (TPSA) is 36.9 Å². The van der Waals surface area contributed by atoms with Gasteiger partial charge in [-0.15, -0.1) is 0 Å². The van der Waals surface area contributed by atoms with E-state index in [1.165, 1.54) is 24.0 Å². The zero-order valence-corrected chi connectivity index (χ0v) is 13.3. The maximum absolute atomic E-state index is 5.54. The molecule has 4 nitrogen and oxygen atoms in total. The summed E-state index contributed by atoms with van der Waals surface area (Å²) in [4.78, 5) is 7.17. The van der Waals surface area contributed by atoms with Gasteiger partial charge >= 0.3 is 0 Å². The van der Waals surface area contributed by atoms with Crippen molar-refractivity contribution in [3.63, 3.8) is 0 Å². The first kappa shape index (κ1) is 15.8. The highest BCUT2D eigenvalue weighted by molar-refractivity contribution is 5.80. The Morgan fingerprint density at radius 3 is 2.57 bits per heavy atom. The third-order valence-corrected chi connectivity index (χ3v) is 3.72. The van der Waals surface area contributed by atoms with Crippen LogP contribution in [0.3, 0.4) is 0 Å². The average molecular weight is 289 g/mol. The Morgan fingerprint density at radius 2 is 1.90 bits per heavy atom. The maximum Gasteiger partial charge on any atom is 0.194 e. The molecule has 2 rings (SSSR count). The lowest BCUT2D eigenvalue weighted by atomic mass is 10.1. The first-order valence-electron chi connectivity index (χ1n) is 8.03. The van der Waals surface area contributed by atoms with Crippen LogP contribution in [0.1, 0.15) is 37.8 Å². The third kappa shape index (κ3) is 4.74. The van der Waals surface area contributed by atoms with Gasteiger partial charge in [-0.1, -0.05) is 24.3 Å². The molecule has 1 fully saturated rings. The molecule has 0 bridgehead atoms. The molecule has 1 N–H and O–H groups in total. The Morgan fingerprint density at radius 1 is 1.19 bits per heavy atom. The van der Waals surface area contributed by atoms with E-state index >= 15 is 0 Å². The van der Waals surface area contributed by atoms with Crippen molar-refractivity contribution in [3.8, 4) is 0 Å². The van der Waals surface area contributed by atoms with Gasteiger partial charge in [0.15, 0.2) is 5.96 Å². The van der Waals surface area contributed by atoms with E-state index in [-0.39, 0.29) is 0 Å². The van der Waals surface area contributed by atoms with E-state index in [2.05, 4.69) is 41.4 Å². The molecule has 1 aromatic rings. The predicted octanol–water partition coefficient (Wildman–Crippen LogP) is 2.78. The SMILES string of the molecule is CCNC(=NCc1ccccc1COCC)N1CCCC1. The summed E-state index contributed by atoms with van der Waals surface area (Å²) in [7, 11) is 0. The summed E-state index contributed by atoms with van der Waals surface area (Å²) in [5, 5.41) is 3.40. The number of ether oxygens (including phenoxy) is 1. The summed E-state index contributed by atoms with van der Waals surface area (Å²) < 4.78 is 5.54. The molecule has 0 atom stereocenters. The first-order valence-corrected chi connectivity index (χ1v) is 8.03. The minimum absolute atomic E-state index is 0.669. The Bertz CT molecular complexity index is 453. The van der Waals surface area contributed by atoms with Crippen molar-refractivity contribution in [3.05, 3.63) is 35.4 Å². The number of hydrogen-bond acceptors (Lipinski definition) is 2. The van der Waals surface area contributed by atoms with Crippen molar-refractivity contribution < 1.29 is 4.74 Å². The van der Waals surface area contributed by atoms with Crippen molar-refractivity contribution >= 4 is 5.96 Å². The number of aliphatic imine (C=N–C) groups is 1. The average Bonchev–Trinajstić information content (AvgIpc) is 3.04. The van der Waals surface area contributed by atoms with Gasteiger partial charge in [-0.2, -0.15) is 0 Å². The van der Waals surface area contributed by atoms with Gasteiger partial charge in [-0.3, -0.25) is 0 Å². The third-order valence-electron chi connectivity index (χ3n) is 3.72. The number of benzene rings is 1. The van der Waals surface area contributed by atoms with Crippen LogP contribution in [0.4, 0.5) is 0 Å². The van der Waals surface area contributed by atoms with Crippen LogP contribution in [0, 0.1) is 0 Å². The monoisotopic (exact) mass is 289 g/mol. The fourth-order valence-electron chi connectivity index (χ4n) is 2.58. The molecule has 1 aromatic carbocycles. The Balaban J connectivity index is 2.06. The van der Waals surface area contributed by atoms with Crippen molar-refractivity contribution in [1.82, 2.24) is 10.2 Å². The van der Waals surface area contributed by atoms with Crippen LogP contribution in [-0.4, -0.2) is 37.1 Å². The highest BCUT2D eigenvalue weighted by atomic mass is 16.5.